The summed E-state index contributed by atoms with van der Waals surface area (Å²) in [7, 11) is 0. The molecule has 0 spiro atoms. The van der Waals surface area contributed by atoms with Gasteiger partial charge in [-0.15, -0.1) is 0 Å². The Morgan fingerprint density at radius 2 is 0.855 bits per heavy atom. The van der Waals surface area contributed by atoms with Gasteiger partial charge in [0, 0.05) is 52.1 Å². The van der Waals surface area contributed by atoms with Gasteiger partial charge in [0.2, 0.25) is 5.91 Å². The van der Waals surface area contributed by atoms with E-state index in [0.717, 1.165) is 78.0 Å². The molecule has 0 aromatic heterocycles. The van der Waals surface area contributed by atoms with Crippen molar-refractivity contribution in [2.24, 2.45) is 5.92 Å². The number of hydrogen-bond acceptors (Lipinski definition) is 5. The summed E-state index contributed by atoms with van der Waals surface area (Å²) >= 11 is 0. The van der Waals surface area contributed by atoms with E-state index >= 15 is 0 Å². The Balaban J connectivity index is 2.36. The van der Waals surface area contributed by atoms with Crippen LogP contribution in [0.2, 0.25) is 0 Å². The molecule has 1 unspecified atom stereocenters. The lowest BCUT2D eigenvalue weighted by atomic mass is 9.92. The summed E-state index contributed by atoms with van der Waals surface area (Å²) < 4.78 is 5.70. The van der Waals surface area contributed by atoms with Crippen molar-refractivity contribution >= 4 is 11.9 Å². The Hall–Kier alpha value is -1.14. The van der Waals surface area contributed by atoms with Gasteiger partial charge in [-0.1, -0.05) is 182 Å². The molecule has 1 rings (SSSR count). The van der Waals surface area contributed by atoms with Gasteiger partial charge in [-0.25, -0.2) is 0 Å². The number of unbranched alkanes of at least 4 members (excludes halogenated alkanes) is 23. The first-order valence-corrected chi connectivity index (χ1v) is 24.9. The number of carbonyl (C=O) groups excluding carboxylic acids is 2. The summed E-state index contributed by atoms with van der Waals surface area (Å²) in [5.74, 6) is 0.890. The second-order valence-electron chi connectivity index (χ2n) is 17.5. The molecule has 1 aliphatic rings. The van der Waals surface area contributed by atoms with Crippen LogP contribution in [0.3, 0.4) is 0 Å². The predicted octanol–water partition coefficient (Wildman–Crippen LogP) is 13.5. The van der Waals surface area contributed by atoms with Crippen molar-refractivity contribution in [2.75, 3.05) is 59.0 Å². The summed E-state index contributed by atoms with van der Waals surface area (Å²) in [6.07, 6.45) is 40.7. The van der Waals surface area contributed by atoms with E-state index < -0.39 is 0 Å². The Bertz CT molecular complexity index is 810. The van der Waals surface area contributed by atoms with Crippen LogP contribution in [0.5, 0.6) is 0 Å². The second kappa shape index (κ2) is 39.7. The fourth-order valence-corrected chi connectivity index (χ4v) is 8.43. The molecule has 1 aliphatic heterocycles. The van der Waals surface area contributed by atoms with Gasteiger partial charge in [0.1, 0.15) is 0 Å². The first kappa shape index (κ1) is 51.9. The molecule has 326 valence electrons. The molecule has 1 fully saturated rings. The zero-order valence-corrected chi connectivity index (χ0v) is 37.8. The molecular weight excluding hydrogens is 679 g/mol. The van der Waals surface area contributed by atoms with E-state index in [1.165, 1.54) is 173 Å². The maximum atomic E-state index is 13.4. The van der Waals surface area contributed by atoms with Gasteiger partial charge in [-0.3, -0.25) is 9.59 Å². The van der Waals surface area contributed by atoms with Gasteiger partial charge in [0.05, 0.1) is 6.61 Å². The normalized spacial score (nSPS) is 14.4. The molecule has 1 amide bonds. The van der Waals surface area contributed by atoms with Gasteiger partial charge < -0.3 is 19.4 Å². The second-order valence-corrected chi connectivity index (χ2v) is 17.5. The van der Waals surface area contributed by atoms with Crippen molar-refractivity contribution in [3.05, 3.63) is 0 Å². The number of esters is 1. The molecule has 0 N–H and O–H groups in total. The Labute approximate surface area is 344 Å². The minimum Gasteiger partial charge on any atom is -0.466 e. The Morgan fingerprint density at radius 1 is 0.473 bits per heavy atom. The zero-order chi connectivity index (χ0) is 39.9. The number of piperazine rings is 1. The minimum absolute atomic E-state index is 0.0306. The van der Waals surface area contributed by atoms with Gasteiger partial charge in [0.25, 0.3) is 0 Å². The summed E-state index contributed by atoms with van der Waals surface area (Å²) in [4.78, 5) is 33.6. The van der Waals surface area contributed by atoms with E-state index in [9.17, 15) is 9.59 Å². The standard InChI is InChI=1S/C49H97N3O3/c1-5-9-13-17-20-22-25-29-39-52(40-30-26-23-21-18-14-10-6-2)48(53)36-33-38-51-43-41-50(42-44-51)37-32-35-47(34-28-16-12-8-4)46-49(54)55-45-31-27-24-19-15-11-7-3/h47H,5-46H2,1-4H3. The smallest absolute Gasteiger partial charge is 0.306 e. The Morgan fingerprint density at radius 3 is 1.33 bits per heavy atom. The zero-order valence-electron chi connectivity index (χ0n) is 37.8. The average molecular weight is 776 g/mol. The van der Waals surface area contributed by atoms with E-state index in [2.05, 4.69) is 42.4 Å². The quantitative estimate of drug-likeness (QED) is 0.0457. The summed E-state index contributed by atoms with van der Waals surface area (Å²) in [6.45, 7) is 18.3. The third-order valence-electron chi connectivity index (χ3n) is 12.3. The van der Waals surface area contributed by atoms with Crippen LogP contribution < -0.4 is 0 Å². The number of ether oxygens (including phenoxy) is 1. The van der Waals surface area contributed by atoms with Crippen molar-refractivity contribution in [1.82, 2.24) is 14.7 Å². The van der Waals surface area contributed by atoms with Crippen LogP contribution in [-0.2, 0) is 14.3 Å². The fraction of sp³-hybridized carbons (Fsp3) is 0.959. The first-order chi connectivity index (χ1) is 27.0. The van der Waals surface area contributed by atoms with Crippen LogP contribution in [0.15, 0.2) is 0 Å². The van der Waals surface area contributed by atoms with Crippen LogP contribution in [0.1, 0.15) is 240 Å². The topological polar surface area (TPSA) is 53.1 Å². The van der Waals surface area contributed by atoms with Crippen molar-refractivity contribution < 1.29 is 14.3 Å². The molecular formula is C49H97N3O3. The molecule has 6 heteroatoms. The van der Waals surface area contributed by atoms with Crippen molar-refractivity contribution in [1.29, 1.82) is 0 Å². The molecule has 0 aromatic carbocycles. The Kier molecular flexibility index (Phi) is 37.4. The van der Waals surface area contributed by atoms with E-state index in [1.807, 2.05) is 0 Å². The third-order valence-corrected chi connectivity index (χ3v) is 12.3. The highest BCUT2D eigenvalue weighted by molar-refractivity contribution is 5.76. The first-order valence-electron chi connectivity index (χ1n) is 24.9. The van der Waals surface area contributed by atoms with Crippen molar-refractivity contribution in [3.8, 4) is 0 Å². The maximum Gasteiger partial charge on any atom is 0.306 e. The number of nitrogens with zero attached hydrogens (tertiary/aromatic N) is 3. The van der Waals surface area contributed by atoms with E-state index in [0.29, 0.717) is 31.3 Å². The van der Waals surface area contributed by atoms with Crippen molar-refractivity contribution in [3.63, 3.8) is 0 Å². The van der Waals surface area contributed by atoms with E-state index in [4.69, 9.17) is 4.74 Å². The number of carbonyl (C=O) groups is 2. The fourth-order valence-electron chi connectivity index (χ4n) is 8.43. The largest absolute Gasteiger partial charge is 0.466 e. The lowest BCUT2D eigenvalue weighted by Crippen LogP contribution is -2.47. The summed E-state index contributed by atoms with van der Waals surface area (Å²) in [6, 6.07) is 0. The number of amides is 1. The highest BCUT2D eigenvalue weighted by atomic mass is 16.5. The van der Waals surface area contributed by atoms with Gasteiger partial charge in [0.15, 0.2) is 0 Å². The third kappa shape index (κ3) is 32.5. The highest BCUT2D eigenvalue weighted by Gasteiger charge is 2.20. The summed E-state index contributed by atoms with van der Waals surface area (Å²) in [5, 5.41) is 0. The molecule has 0 radical (unpaired) electrons. The monoisotopic (exact) mass is 776 g/mol. The molecule has 1 atom stereocenters. The highest BCUT2D eigenvalue weighted by Crippen LogP contribution is 2.22. The minimum atomic E-state index is 0.0306. The molecule has 0 aliphatic carbocycles. The van der Waals surface area contributed by atoms with Gasteiger partial charge in [-0.05, 0) is 64.0 Å². The molecule has 1 heterocycles. The molecule has 55 heavy (non-hydrogen) atoms. The number of rotatable bonds is 41. The van der Waals surface area contributed by atoms with E-state index in [-0.39, 0.29) is 5.97 Å². The lowest BCUT2D eigenvalue weighted by Gasteiger charge is -2.35. The van der Waals surface area contributed by atoms with Crippen LogP contribution in [0.25, 0.3) is 0 Å². The number of hydrogen-bond donors (Lipinski definition) is 0. The van der Waals surface area contributed by atoms with Gasteiger partial charge in [-0.2, -0.15) is 0 Å². The SMILES string of the molecule is CCCCCCCCCCN(CCCCCCCCCC)C(=O)CCCN1CCN(CCCC(CCCCCC)CC(=O)OCCCCCCCCC)CC1. The molecule has 1 saturated heterocycles. The van der Waals surface area contributed by atoms with Gasteiger partial charge >= 0.3 is 5.97 Å². The molecule has 6 nitrogen and oxygen atoms in total. The maximum absolute atomic E-state index is 13.4. The molecule has 0 saturated carbocycles. The van der Waals surface area contributed by atoms with Crippen LogP contribution >= 0.6 is 0 Å². The summed E-state index contributed by atoms with van der Waals surface area (Å²) in [5.41, 5.74) is 0. The van der Waals surface area contributed by atoms with Crippen molar-refractivity contribution in [2.45, 2.75) is 240 Å². The van der Waals surface area contributed by atoms with Crippen LogP contribution in [-0.4, -0.2) is 85.5 Å². The predicted molar refractivity (Wildman–Crippen MR) is 239 cm³/mol. The average Bonchev–Trinajstić information content (AvgIpc) is 3.19. The van der Waals surface area contributed by atoms with E-state index in [1.54, 1.807) is 0 Å². The molecule has 0 aromatic rings. The lowest BCUT2D eigenvalue weighted by molar-refractivity contribution is -0.145. The van der Waals surface area contributed by atoms with Crippen LogP contribution in [0, 0.1) is 5.92 Å². The molecule has 0 bridgehead atoms. The van der Waals surface area contributed by atoms with Crippen LogP contribution in [0.4, 0.5) is 0 Å².